The number of aromatic nitrogens is 1. The van der Waals surface area contributed by atoms with Crippen molar-refractivity contribution < 1.29 is 4.79 Å². The van der Waals surface area contributed by atoms with Crippen LogP contribution in [0.5, 0.6) is 0 Å². The van der Waals surface area contributed by atoms with Gasteiger partial charge in [-0.1, -0.05) is 6.07 Å². The Kier molecular flexibility index (Phi) is 3.51. The fourth-order valence-electron chi connectivity index (χ4n) is 2.10. The van der Waals surface area contributed by atoms with Gasteiger partial charge < -0.3 is 10.2 Å². The van der Waals surface area contributed by atoms with Gasteiger partial charge in [-0.3, -0.25) is 9.78 Å². The number of nitrogens with one attached hydrogen (secondary N) is 1. The summed E-state index contributed by atoms with van der Waals surface area (Å²) in [5.74, 6) is 0.160. The minimum Gasteiger partial charge on any atom is -0.341 e. The first-order valence-corrected chi connectivity index (χ1v) is 5.69. The maximum Gasteiger partial charge on any atom is 0.244 e. The lowest BCUT2D eigenvalue weighted by Crippen LogP contribution is -2.38. The molecule has 1 aliphatic heterocycles. The van der Waals surface area contributed by atoms with Crippen LogP contribution in [0.2, 0.25) is 0 Å². The zero-order valence-electron chi connectivity index (χ0n) is 9.52. The van der Waals surface area contributed by atoms with Gasteiger partial charge >= 0.3 is 0 Å². The summed E-state index contributed by atoms with van der Waals surface area (Å²) in [5.41, 5.74) is 0.932. The second-order valence-corrected chi connectivity index (χ2v) is 4.04. The molecular weight excluding hydrogens is 202 g/mol. The first kappa shape index (κ1) is 11.1. The lowest BCUT2D eigenvalue weighted by molar-refractivity contribution is -0.132. The van der Waals surface area contributed by atoms with Crippen molar-refractivity contribution in [2.24, 2.45) is 0 Å². The second-order valence-electron chi connectivity index (χ2n) is 4.04. The highest BCUT2D eigenvalue weighted by Gasteiger charge is 2.26. The monoisotopic (exact) mass is 219 g/mol. The zero-order chi connectivity index (χ0) is 11.4. The average molecular weight is 219 g/mol. The molecule has 0 saturated carbocycles. The standard InChI is InChI=1S/C12H17N3O/c1-13-11(10-5-4-6-14-9-10)12(16)15-7-2-3-8-15/h4-6,9,11,13H,2-3,7-8H2,1H3/t11-/m1/s1. The van der Waals surface area contributed by atoms with Crippen LogP contribution in [-0.2, 0) is 4.79 Å². The van der Waals surface area contributed by atoms with Gasteiger partial charge in [0.2, 0.25) is 5.91 Å². The normalized spacial score (nSPS) is 17.4. The van der Waals surface area contributed by atoms with E-state index in [2.05, 4.69) is 10.3 Å². The fraction of sp³-hybridized carbons (Fsp3) is 0.500. The van der Waals surface area contributed by atoms with Crippen molar-refractivity contribution in [3.8, 4) is 0 Å². The summed E-state index contributed by atoms with van der Waals surface area (Å²) in [6, 6.07) is 3.53. The molecule has 2 rings (SSSR count). The third kappa shape index (κ3) is 2.22. The van der Waals surface area contributed by atoms with Gasteiger partial charge in [-0.15, -0.1) is 0 Å². The van der Waals surface area contributed by atoms with Crippen molar-refractivity contribution in [3.05, 3.63) is 30.1 Å². The molecule has 1 atom stereocenters. The molecule has 0 spiro atoms. The third-order valence-electron chi connectivity index (χ3n) is 2.97. The van der Waals surface area contributed by atoms with Crippen molar-refractivity contribution >= 4 is 5.91 Å². The molecule has 0 radical (unpaired) electrons. The molecule has 1 aromatic heterocycles. The molecule has 1 fully saturated rings. The quantitative estimate of drug-likeness (QED) is 0.823. The van der Waals surface area contributed by atoms with Crippen LogP contribution in [0.1, 0.15) is 24.4 Å². The fourth-order valence-corrected chi connectivity index (χ4v) is 2.10. The molecule has 4 nitrogen and oxygen atoms in total. The van der Waals surface area contributed by atoms with E-state index in [1.165, 1.54) is 0 Å². The van der Waals surface area contributed by atoms with Gasteiger partial charge in [-0.05, 0) is 31.5 Å². The molecule has 1 aromatic rings. The van der Waals surface area contributed by atoms with Gasteiger partial charge in [-0.25, -0.2) is 0 Å². The summed E-state index contributed by atoms with van der Waals surface area (Å²) < 4.78 is 0. The predicted molar refractivity (Wildman–Crippen MR) is 61.9 cm³/mol. The number of hydrogen-bond acceptors (Lipinski definition) is 3. The van der Waals surface area contributed by atoms with Crippen molar-refractivity contribution in [1.82, 2.24) is 15.2 Å². The molecule has 2 heterocycles. The van der Waals surface area contributed by atoms with Gasteiger partial charge in [0.05, 0.1) is 0 Å². The molecule has 1 saturated heterocycles. The Labute approximate surface area is 95.7 Å². The van der Waals surface area contributed by atoms with E-state index in [1.807, 2.05) is 24.1 Å². The van der Waals surface area contributed by atoms with Crippen molar-refractivity contribution in [1.29, 1.82) is 0 Å². The molecule has 1 amide bonds. The van der Waals surface area contributed by atoms with Crippen LogP contribution in [0.3, 0.4) is 0 Å². The summed E-state index contributed by atoms with van der Waals surface area (Å²) >= 11 is 0. The van der Waals surface area contributed by atoms with Gasteiger partial charge in [0.25, 0.3) is 0 Å². The number of carbonyl (C=O) groups excluding carboxylic acids is 1. The maximum atomic E-state index is 12.2. The Balaban J connectivity index is 2.13. The molecule has 0 aromatic carbocycles. The minimum absolute atomic E-state index is 0.160. The van der Waals surface area contributed by atoms with Crippen LogP contribution in [0, 0.1) is 0 Å². The average Bonchev–Trinajstić information content (AvgIpc) is 2.85. The molecule has 86 valence electrons. The van der Waals surface area contributed by atoms with E-state index in [0.717, 1.165) is 31.5 Å². The Bertz CT molecular complexity index is 347. The lowest BCUT2D eigenvalue weighted by atomic mass is 10.1. The van der Waals surface area contributed by atoms with E-state index in [0.29, 0.717) is 0 Å². The van der Waals surface area contributed by atoms with Gasteiger partial charge in [0, 0.05) is 25.5 Å². The predicted octanol–water partition coefficient (Wildman–Crippen LogP) is 0.964. The summed E-state index contributed by atoms with van der Waals surface area (Å²) in [6.07, 6.45) is 5.70. The van der Waals surface area contributed by atoms with Gasteiger partial charge in [0.15, 0.2) is 0 Å². The van der Waals surface area contributed by atoms with E-state index < -0.39 is 0 Å². The summed E-state index contributed by atoms with van der Waals surface area (Å²) in [7, 11) is 1.81. The highest BCUT2D eigenvalue weighted by atomic mass is 16.2. The van der Waals surface area contributed by atoms with E-state index in [9.17, 15) is 4.79 Å². The SMILES string of the molecule is CN[C@@H](C(=O)N1CCCC1)c1cccnc1. The smallest absolute Gasteiger partial charge is 0.244 e. The number of nitrogens with zero attached hydrogens (tertiary/aromatic N) is 2. The van der Waals surface area contributed by atoms with Crippen molar-refractivity contribution in [3.63, 3.8) is 0 Å². The molecule has 0 unspecified atom stereocenters. The Morgan fingerprint density at radius 1 is 1.50 bits per heavy atom. The number of carbonyl (C=O) groups is 1. The summed E-state index contributed by atoms with van der Waals surface area (Å²) in [6.45, 7) is 1.77. The van der Waals surface area contributed by atoms with Crippen LogP contribution in [0.4, 0.5) is 0 Å². The van der Waals surface area contributed by atoms with Crippen LogP contribution < -0.4 is 5.32 Å². The topological polar surface area (TPSA) is 45.2 Å². The molecule has 4 heteroatoms. The zero-order valence-corrected chi connectivity index (χ0v) is 9.52. The lowest BCUT2D eigenvalue weighted by Gasteiger charge is -2.22. The van der Waals surface area contributed by atoms with Crippen LogP contribution in [-0.4, -0.2) is 35.9 Å². The Morgan fingerprint density at radius 3 is 2.81 bits per heavy atom. The largest absolute Gasteiger partial charge is 0.341 e. The highest BCUT2D eigenvalue weighted by Crippen LogP contribution is 2.17. The van der Waals surface area contributed by atoms with Crippen LogP contribution in [0.15, 0.2) is 24.5 Å². The minimum atomic E-state index is -0.258. The van der Waals surface area contributed by atoms with E-state index in [-0.39, 0.29) is 11.9 Å². The number of pyridine rings is 1. The first-order valence-electron chi connectivity index (χ1n) is 5.69. The van der Waals surface area contributed by atoms with Crippen LogP contribution in [0.25, 0.3) is 0 Å². The number of likely N-dealkylation sites (N-methyl/N-ethyl adjacent to an activating group) is 1. The number of rotatable bonds is 3. The van der Waals surface area contributed by atoms with E-state index in [1.54, 1.807) is 12.4 Å². The maximum absolute atomic E-state index is 12.2. The highest BCUT2D eigenvalue weighted by molar-refractivity contribution is 5.83. The molecular formula is C12H17N3O. The van der Waals surface area contributed by atoms with Gasteiger partial charge in [0.1, 0.15) is 6.04 Å². The van der Waals surface area contributed by atoms with E-state index in [4.69, 9.17) is 0 Å². The second kappa shape index (κ2) is 5.07. The Morgan fingerprint density at radius 2 is 2.25 bits per heavy atom. The van der Waals surface area contributed by atoms with E-state index >= 15 is 0 Å². The Hall–Kier alpha value is -1.42. The molecule has 1 aliphatic rings. The summed E-state index contributed by atoms with van der Waals surface area (Å²) in [4.78, 5) is 18.2. The summed E-state index contributed by atoms with van der Waals surface area (Å²) in [5, 5.41) is 3.06. The van der Waals surface area contributed by atoms with Crippen molar-refractivity contribution in [2.75, 3.05) is 20.1 Å². The molecule has 0 bridgehead atoms. The molecule has 16 heavy (non-hydrogen) atoms. The van der Waals surface area contributed by atoms with Crippen molar-refractivity contribution in [2.45, 2.75) is 18.9 Å². The molecule has 0 aliphatic carbocycles. The first-order chi connectivity index (χ1) is 7.83. The number of amides is 1. The number of hydrogen-bond donors (Lipinski definition) is 1. The van der Waals surface area contributed by atoms with Gasteiger partial charge in [-0.2, -0.15) is 0 Å². The molecule has 1 N–H and O–H groups in total. The third-order valence-corrected chi connectivity index (χ3v) is 2.97. The number of likely N-dealkylation sites (tertiary alicyclic amines) is 1. The van der Waals surface area contributed by atoms with Crippen LogP contribution >= 0.6 is 0 Å².